The molecule has 7 nitrogen and oxygen atoms in total. The molecule has 1 aliphatic heterocycles. The van der Waals surface area contributed by atoms with E-state index in [1.807, 2.05) is 0 Å². The van der Waals surface area contributed by atoms with Gasteiger partial charge in [-0.1, -0.05) is 13.0 Å². The summed E-state index contributed by atoms with van der Waals surface area (Å²) in [5.74, 6) is 0.900. The molecule has 1 unspecified atom stereocenters. The highest BCUT2D eigenvalue weighted by atomic mass is 19.4. The van der Waals surface area contributed by atoms with Gasteiger partial charge < -0.3 is 4.90 Å². The third kappa shape index (κ3) is 4.94. The van der Waals surface area contributed by atoms with Crippen LogP contribution in [0.25, 0.3) is 0 Å². The van der Waals surface area contributed by atoms with Crippen LogP contribution in [0.4, 0.5) is 23.4 Å². The van der Waals surface area contributed by atoms with Crippen LogP contribution in [0, 0.1) is 13.8 Å². The Labute approximate surface area is 200 Å². The summed E-state index contributed by atoms with van der Waals surface area (Å²) in [6.45, 7) is 6.40. The second-order valence-corrected chi connectivity index (χ2v) is 9.37. The van der Waals surface area contributed by atoms with Crippen molar-refractivity contribution in [2.24, 2.45) is 0 Å². The highest BCUT2D eigenvalue weighted by molar-refractivity contribution is 5.93. The van der Waals surface area contributed by atoms with Crippen molar-refractivity contribution in [1.82, 2.24) is 25.0 Å². The Morgan fingerprint density at radius 1 is 1.26 bits per heavy atom. The number of fused-ring (bicyclic) bond motifs is 1. The molecular formula is C24H28F4N6O. The molecule has 35 heavy (non-hydrogen) atoms. The largest absolute Gasteiger partial charge is 0.426 e. The Morgan fingerprint density at radius 3 is 2.54 bits per heavy atom. The number of ketones is 1. The van der Waals surface area contributed by atoms with E-state index in [1.165, 1.54) is 47.8 Å². The number of rotatable bonds is 4. The van der Waals surface area contributed by atoms with Crippen LogP contribution in [0.1, 0.15) is 64.8 Å². The molecule has 1 atom stereocenters. The molecular weight excluding hydrogens is 464 g/mol. The number of halogens is 4. The van der Waals surface area contributed by atoms with Gasteiger partial charge in [0.2, 0.25) is 5.67 Å². The van der Waals surface area contributed by atoms with Crippen LogP contribution in [0.15, 0.2) is 24.5 Å². The molecule has 1 fully saturated rings. The Hall–Kier alpha value is -3.24. The third-order valence-corrected chi connectivity index (χ3v) is 6.67. The summed E-state index contributed by atoms with van der Waals surface area (Å²) in [5, 5.41) is 11.4. The standard InChI is InChI=1S/C16H16F4N4O.C8H12N2/c1-10-12(6-24-7-13(5-21-24)11(2)25)3-4-14(22-10)23-8-15(17,9-23)16(18,19)20;1-5-3-4-7-6(2)9-10-8(5)7/h3-5,7H,6,8-9H2,1-2H3;5H,3-4H2,1-2H3,(H,9,10). The second kappa shape index (κ2) is 9.09. The van der Waals surface area contributed by atoms with Crippen LogP contribution in [0.5, 0.6) is 0 Å². The number of aromatic nitrogens is 5. The van der Waals surface area contributed by atoms with Gasteiger partial charge in [-0.3, -0.25) is 14.6 Å². The zero-order valence-corrected chi connectivity index (χ0v) is 20.1. The predicted octanol–water partition coefficient (Wildman–Crippen LogP) is 4.70. The molecule has 0 spiro atoms. The maximum absolute atomic E-state index is 13.7. The summed E-state index contributed by atoms with van der Waals surface area (Å²) in [6, 6.07) is 3.28. The summed E-state index contributed by atoms with van der Waals surface area (Å²) >= 11 is 0. The van der Waals surface area contributed by atoms with E-state index in [2.05, 4.69) is 34.1 Å². The van der Waals surface area contributed by atoms with Gasteiger partial charge in [0.15, 0.2) is 5.78 Å². The van der Waals surface area contributed by atoms with Crippen molar-refractivity contribution >= 4 is 11.6 Å². The first-order valence-corrected chi connectivity index (χ1v) is 11.4. The molecule has 0 saturated carbocycles. The van der Waals surface area contributed by atoms with Crippen LogP contribution in [-0.2, 0) is 13.0 Å². The van der Waals surface area contributed by atoms with Crippen molar-refractivity contribution in [3.63, 3.8) is 0 Å². The second-order valence-electron chi connectivity index (χ2n) is 9.37. The number of nitrogens with zero attached hydrogens (tertiary/aromatic N) is 5. The molecule has 4 heterocycles. The lowest BCUT2D eigenvalue weighted by atomic mass is 9.95. The van der Waals surface area contributed by atoms with E-state index in [0.717, 1.165) is 5.56 Å². The molecule has 3 aromatic rings. The number of anilines is 1. The van der Waals surface area contributed by atoms with Gasteiger partial charge in [-0.25, -0.2) is 9.37 Å². The monoisotopic (exact) mass is 492 g/mol. The lowest BCUT2D eigenvalue weighted by Gasteiger charge is -2.45. The molecule has 0 radical (unpaired) electrons. The van der Waals surface area contributed by atoms with Crippen molar-refractivity contribution in [2.75, 3.05) is 18.0 Å². The number of carbonyl (C=O) groups excluding carboxylic acids is 1. The summed E-state index contributed by atoms with van der Waals surface area (Å²) < 4.78 is 52.9. The van der Waals surface area contributed by atoms with Gasteiger partial charge in [0.05, 0.1) is 37.1 Å². The van der Waals surface area contributed by atoms with Crippen molar-refractivity contribution in [1.29, 1.82) is 0 Å². The Balaban J connectivity index is 0.000000239. The summed E-state index contributed by atoms with van der Waals surface area (Å²) in [5.41, 5.74) is 2.78. The Kier molecular flexibility index (Phi) is 6.46. The number of aromatic amines is 1. The molecule has 1 aliphatic carbocycles. The number of Topliss-reactive ketones (excluding diaryl/α,β-unsaturated/α-hetero) is 1. The number of aryl methyl sites for hydroxylation is 2. The van der Waals surface area contributed by atoms with E-state index in [9.17, 15) is 22.4 Å². The SMILES string of the molecule is CC(=O)c1cnn(Cc2ccc(N3CC(F)(C(F)(F)F)C3)nc2C)c1.Cc1[nH]nc2c1CCC2C. The first kappa shape index (κ1) is 24.9. The van der Waals surface area contributed by atoms with Crippen molar-refractivity contribution in [3.05, 3.63) is 58.3 Å². The van der Waals surface area contributed by atoms with Crippen LogP contribution >= 0.6 is 0 Å². The normalized spacial score (nSPS) is 18.5. The highest BCUT2D eigenvalue weighted by Crippen LogP contribution is 2.42. The van der Waals surface area contributed by atoms with Crippen LogP contribution in [-0.4, -0.2) is 55.7 Å². The van der Waals surface area contributed by atoms with E-state index in [-0.39, 0.29) is 5.78 Å². The topological polar surface area (TPSA) is 79.7 Å². The molecule has 1 saturated heterocycles. The number of hydrogen-bond acceptors (Lipinski definition) is 5. The maximum Gasteiger partial charge on any atom is 0.426 e. The van der Waals surface area contributed by atoms with Gasteiger partial charge >= 0.3 is 6.18 Å². The quantitative estimate of drug-likeness (QED) is 0.422. The van der Waals surface area contributed by atoms with E-state index in [4.69, 9.17) is 0 Å². The molecule has 11 heteroatoms. The Morgan fingerprint density at radius 2 is 1.97 bits per heavy atom. The third-order valence-electron chi connectivity index (χ3n) is 6.67. The van der Waals surface area contributed by atoms with Gasteiger partial charge in [-0.15, -0.1) is 0 Å². The molecule has 3 aromatic heterocycles. The number of nitrogens with one attached hydrogen (secondary N) is 1. The van der Waals surface area contributed by atoms with E-state index < -0.39 is 24.9 Å². The summed E-state index contributed by atoms with van der Waals surface area (Å²) in [4.78, 5) is 16.8. The minimum Gasteiger partial charge on any atom is -0.349 e. The van der Waals surface area contributed by atoms with Gasteiger partial charge in [-0.05, 0) is 50.8 Å². The van der Waals surface area contributed by atoms with Gasteiger partial charge in [-0.2, -0.15) is 23.4 Å². The van der Waals surface area contributed by atoms with Crippen molar-refractivity contribution in [3.8, 4) is 0 Å². The summed E-state index contributed by atoms with van der Waals surface area (Å²) in [6.07, 6.45) is 0.725. The highest BCUT2D eigenvalue weighted by Gasteiger charge is 2.63. The van der Waals surface area contributed by atoms with Crippen LogP contribution in [0.3, 0.4) is 0 Å². The number of pyridine rings is 1. The van der Waals surface area contributed by atoms with E-state index in [1.54, 1.807) is 29.9 Å². The number of alkyl halides is 4. The molecule has 5 rings (SSSR count). The predicted molar refractivity (Wildman–Crippen MR) is 122 cm³/mol. The fraction of sp³-hybridized carbons (Fsp3) is 0.500. The lowest BCUT2D eigenvalue weighted by molar-refractivity contribution is -0.237. The minimum atomic E-state index is -4.87. The lowest BCUT2D eigenvalue weighted by Crippen LogP contribution is -2.66. The van der Waals surface area contributed by atoms with Crippen molar-refractivity contribution < 1.29 is 22.4 Å². The van der Waals surface area contributed by atoms with E-state index in [0.29, 0.717) is 29.5 Å². The fourth-order valence-corrected chi connectivity index (χ4v) is 4.32. The zero-order chi connectivity index (χ0) is 25.5. The van der Waals surface area contributed by atoms with Gasteiger partial charge in [0.1, 0.15) is 5.82 Å². The number of hydrogen-bond donors (Lipinski definition) is 1. The smallest absolute Gasteiger partial charge is 0.349 e. The number of H-pyrrole nitrogens is 1. The average Bonchev–Trinajstić information content (AvgIpc) is 3.46. The van der Waals surface area contributed by atoms with Crippen LogP contribution in [0.2, 0.25) is 0 Å². The van der Waals surface area contributed by atoms with E-state index >= 15 is 0 Å². The zero-order valence-electron chi connectivity index (χ0n) is 20.1. The van der Waals surface area contributed by atoms with Crippen molar-refractivity contribution in [2.45, 2.75) is 64.8 Å². The molecule has 188 valence electrons. The van der Waals surface area contributed by atoms with Crippen LogP contribution < -0.4 is 4.90 Å². The van der Waals surface area contributed by atoms with Gasteiger partial charge in [0, 0.05) is 23.5 Å². The Bertz CT molecular complexity index is 1230. The fourth-order valence-electron chi connectivity index (χ4n) is 4.32. The minimum absolute atomic E-state index is 0.0893. The maximum atomic E-state index is 13.7. The first-order chi connectivity index (χ1) is 16.4. The number of carbonyl (C=O) groups is 1. The first-order valence-electron chi connectivity index (χ1n) is 11.4. The molecule has 0 aromatic carbocycles. The van der Waals surface area contributed by atoms with Gasteiger partial charge in [0.25, 0.3) is 0 Å². The average molecular weight is 493 g/mol. The summed E-state index contributed by atoms with van der Waals surface area (Å²) in [7, 11) is 0. The molecule has 0 bridgehead atoms. The molecule has 0 amide bonds. The molecule has 1 N–H and O–H groups in total. The molecule has 2 aliphatic rings.